The third kappa shape index (κ3) is 2.95. The van der Waals surface area contributed by atoms with Crippen molar-refractivity contribution in [3.05, 3.63) is 42.5 Å². The Morgan fingerprint density at radius 1 is 1.35 bits per heavy atom. The molecule has 0 saturated heterocycles. The van der Waals surface area contributed by atoms with Crippen molar-refractivity contribution < 1.29 is 19.1 Å². The van der Waals surface area contributed by atoms with Gasteiger partial charge in [0.1, 0.15) is 5.75 Å². The van der Waals surface area contributed by atoms with Crippen LogP contribution in [0.1, 0.15) is 25.8 Å². The fourth-order valence-corrected chi connectivity index (χ4v) is 2.38. The number of para-hydroxylation sites is 1. The summed E-state index contributed by atoms with van der Waals surface area (Å²) in [7, 11) is 0. The monoisotopic (exact) mass is 376 g/mol. The second kappa shape index (κ2) is 6.00. The fourth-order valence-electron chi connectivity index (χ4n) is 2.27. The van der Waals surface area contributed by atoms with Crippen molar-refractivity contribution in [1.82, 2.24) is 0 Å². The van der Waals surface area contributed by atoms with Crippen molar-refractivity contribution in [3.63, 3.8) is 0 Å². The quantitative estimate of drug-likeness (QED) is 0.260. The van der Waals surface area contributed by atoms with Gasteiger partial charge in [-0.15, -0.1) is 6.58 Å². The Morgan fingerprint density at radius 3 is 2.52 bits per heavy atom. The molecule has 1 aliphatic heterocycles. The van der Waals surface area contributed by atoms with Crippen LogP contribution < -0.4 is 4.74 Å². The number of fused-ring (bicyclic) bond motifs is 1. The second-order valence-electron chi connectivity index (χ2n) is 5.68. The third-order valence-electron chi connectivity index (χ3n) is 3.73. The molecule has 4 nitrogen and oxygen atoms in total. The number of hydrogen-bond acceptors (Lipinski definition) is 4. The molecular weight excluding hydrogens is 363 g/mol. The molecule has 1 aromatic carbocycles. The Labute approximate surface area is 149 Å². The van der Waals surface area contributed by atoms with E-state index in [0.717, 1.165) is 0 Å². The first kappa shape index (κ1) is 18.1. The Balaban J connectivity index is 2.49. The lowest BCUT2D eigenvalue weighted by molar-refractivity contribution is -0.168. The molecule has 1 aromatic rings. The molecule has 0 spiro atoms. The van der Waals surface area contributed by atoms with Gasteiger partial charge in [0.2, 0.25) is 3.79 Å². The number of hydrogen-bond donors (Lipinski definition) is 0. The highest BCUT2D eigenvalue weighted by Gasteiger charge is 2.58. The summed E-state index contributed by atoms with van der Waals surface area (Å²) in [4.78, 5) is 25.3. The van der Waals surface area contributed by atoms with Crippen LogP contribution in [0.25, 0.3) is 0 Å². The minimum Gasteiger partial charge on any atom is -0.454 e. The predicted molar refractivity (Wildman–Crippen MR) is 89.0 cm³/mol. The van der Waals surface area contributed by atoms with Gasteiger partial charge in [-0.3, -0.25) is 9.59 Å². The Hall–Kier alpha value is -1.23. The van der Waals surface area contributed by atoms with Crippen LogP contribution in [-0.2, 0) is 19.7 Å². The summed E-state index contributed by atoms with van der Waals surface area (Å²) < 4.78 is 8.74. The van der Waals surface area contributed by atoms with Gasteiger partial charge in [-0.25, -0.2) is 0 Å². The van der Waals surface area contributed by atoms with Gasteiger partial charge in [0.05, 0.1) is 0 Å². The van der Waals surface area contributed by atoms with Crippen molar-refractivity contribution in [1.29, 1.82) is 0 Å². The first-order valence-electron chi connectivity index (χ1n) is 6.79. The Bertz CT molecular complexity index is 664. The van der Waals surface area contributed by atoms with Gasteiger partial charge in [0.15, 0.2) is 11.0 Å². The molecule has 0 radical (unpaired) electrons. The molecule has 124 valence electrons. The van der Waals surface area contributed by atoms with E-state index in [4.69, 9.17) is 44.3 Å². The van der Waals surface area contributed by atoms with Crippen LogP contribution in [0.4, 0.5) is 0 Å². The van der Waals surface area contributed by atoms with Crippen LogP contribution in [0.2, 0.25) is 0 Å². The van der Waals surface area contributed by atoms with Crippen LogP contribution in [0.5, 0.6) is 5.75 Å². The third-order valence-corrected chi connectivity index (χ3v) is 5.09. The zero-order valence-corrected chi connectivity index (χ0v) is 14.8. The highest BCUT2D eigenvalue weighted by atomic mass is 35.6. The van der Waals surface area contributed by atoms with Crippen LogP contribution in [0.15, 0.2) is 36.9 Å². The van der Waals surface area contributed by atoms with Crippen molar-refractivity contribution in [2.24, 2.45) is 0 Å². The molecule has 7 heteroatoms. The molecule has 0 saturated carbocycles. The highest BCUT2D eigenvalue weighted by molar-refractivity contribution is 6.68. The van der Waals surface area contributed by atoms with Crippen molar-refractivity contribution in [2.45, 2.75) is 35.1 Å². The fraction of sp³-hybridized carbons (Fsp3) is 0.375. The number of carbonyl (C=O) groups excluding carboxylic acids is 2. The number of halogens is 3. The molecule has 0 fully saturated rings. The number of carbonyl (C=O) groups is 2. The SMILES string of the molecule is C=CC[C@@]1(C(=O)OC(C)(C)C(Cl)(Cl)Cl)C(=O)Oc2ccccc21. The van der Waals surface area contributed by atoms with Gasteiger partial charge in [-0.05, 0) is 26.3 Å². The molecule has 1 heterocycles. The summed E-state index contributed by atoms with van der Waals surface area (Å²) in [6.07, 6.45) is 1.46. The summed E-state index contributed by atoms with van der Waals surface area (Å²) in [6, 6.07) is 6.64. The normalized spacial score (nSPS) is 20.7. The smallest absolute Gasteiger partial charge is 0.333 e. The number of rotatable bonds is 4. The van der Waals surface area contributed by atoms with Gasteiger partial charge >= 0.3 is 11.9 Å². The summed E-state index contributed by atoms with van der Waals surface area (Å²) in [5.74, 6) is -1.27. The van der Waals surface area contributed by atoms with E-state index in [0.29, 0.717) is 11.3 Å². The van der Waals surface area contributed by atoms with Crippen LogP contribution in [0, 0.1) is 0 Å². The van der Waals surface area contributed by atoms with E-state index >= 15 is 0 Å². The molecule has 1 aliphatic rings. The lowest BCUT2D eigenvalue weighted by Crippen LogP contribution is -2.50. The molecule has 1 atom stereocenters. The molecule has 0 bridgehead atoms. The molecule has 2 rings (SSSR count). The van der Waals surface area contributed by atoms with Gasteiger partial charge in [0.25, 0.3) is 0 Å². The molecule has 0 aliphatic carbocycles. The topological polar surface area (TPSA) is 52.6 Å². The number of ether oxygens (including phenoxy) is 2. The van der Waals surface area contributed by atoms with E-state index in [2.05, 4.69) is 6.58 Å². The lowest BCUT2D eigenvalue weighted by Gasteiger charge is -2.35. The average molecular weight is 378 g/mol. The van der Waals surface area contributed by atoms with Crippen molar-refractivity contribution in [3.8, 4) is 5.75 Å². The average Bonchev–Trinajstić information content (AvgIpc) is 2.71. The highest BCUT2D eigenvalue weighted by Crippen LogP contribution is 2.46. The van der Waals surface area contributed by atoms with E-state index in [1.54, 1.807) is 24.3 Å². The maximum atomic E-state index is 12.8. The number of allylic oxidation sites excluding steroid dienone is 1. The van der Waals surface area contributed by atoms with E-state index in [1.165, 1.54) is 19.9 Å². The minimum absolute atomic E-state index is 0.0115. The summed E-state index contributed by atoms with van der Waals surface area (Å²) in [5.41, 5.74) is -2.68. The van der Waals surface area contributed by atoms with Gasteiger partial charge < -0.3 is 9.47 Å². The predicted octanol–water partition coefficient (Wildman–Crippen LogP) is 4.11. The van der Waals surface area contributed by atoms with Crippen LogP contribution in [0.3, 0.4) is 0 Å². The van der Waals surface area contributed by atoms with Gasteiger partial charge in [-0.2, -0.15) is 0 Å². The largest absolute Gasteiger partial charge is 0.454 e. The van der Waals surface area contributed by atoms with Crippen molar-refractivity contribution >= 4 is 46.7 Å². The van der Waals surface area contributed by atoms with Crippen LogP contribution in [-0.4, -0.2) is 21.3 Å². The first-order valence-corrected chi connectivity index (χ1v) is 7.92. The maximum absolute atomic E-state index is 12.8. The van der Waals surface area contributed by atoms with E-state index in [-0.39, 0.29) is 6.42 Å². The molecule has 0 unspecified atom stereocenters. The first-order chi connectivity index (χ1) is 10.6. The Morgan fingerprint density at radius 2 is 1.96 bits per heavy atom. The minimum atomic E-state index is -1.86. The van der Waals surface area contributed by atoms with Gasteiger partial charge in [0, 0.05) is 5.56 Å². The van der Waals surface area contributed by atoms with E-state index < -0.39 is 26.7 Å². The lowest BCUT2D eigenvalue weighted by atomic mass is 9.78. The summed E-state index contributed by atoms with van der Waals surface area (Å²) in [6.45, 7) is 6.51. The zero-order valence-electron chi connectivity index (χ0n) is 12.6. The number of benzene rings is 1. The number of esters is 2. The van der Waals surface area contributed by atoms with E-state index in [9.17, 15) is 9.59 Å². The Kier molecular flexibility index (Phi) is 4.73. The zero-order chi connectivity index (χ0) is 17.5. The van der Waals surface area contributed by atoms with E-state index in [1.807, 2.05) is 0 Å². The standard InChI is InChI=1S/C16H15Cl3O4/c1-4-9-15(13(21)23-14(2,3)16(17,18)19)10-7-5-6-8-11(10)22-12(15)20/h4-8H,1,9H2,2-3H3/t15-/m0/s1. The summed E-state index contributed by atoms with van der Waals surface area (Å²) in [5, 5.41) is 0. The molecule has 0 amide bonds. The molecule has 0 aromatic heterocycles. The summed E-state index contributed by atoms with van der Waals surface area (Å²) >= 11 is 17.6. The number of alkyl halides is 3. The molecular formula is C16H15Cl3O4. The molecule has 23 heavy (non-hydrogen) atoms. The molecule has 0 N–H and O–H groups in total. The maximum Gasteiger partial charge on any atom is 0.333 e. The van der Waals surface area contributed by atoms with Gasteiger partial charge in [-0.1, -0.05) is 59.1 Å². The van der Waals surface area contributed by atoms with Crippen LogP contribution >= 0.6 is 34.8 Å². The second-order valence-corrected chi connectivity index (χ2v) is 7.96. The van der Waals surface area contributed by atoms with Crippen molar-refractivity contribution in [2.75, 3.05) is 0 Å².